The second-order valence-electron chi connectivity index (χ2n) is 9.36. The topological polar surface area (TPSA) is 79.3 Å². The summed E-state index contributed by atoms with van der Waals surface area (Å²) in [6, 6.07) is 5.85. The van der Waals surface area contributed by atoms with Crippen LogP contribution in [0.3, 0.4) is 0 Å². The Morgan fingerprint density at radius 3 is 2.61 bits per heavy atom. The zero-order valence-corrected chi connectivity index (χ0v) is 18.6. The molecule has 3 rings (SSSR count). The molecule has 2 aliphatic rings. The summed E-state index contributed by atoms with van der Waals surface area (Å²) in [6.07, 6.45) is 2.23. The maximum Gasteiger partial charge on any atom is 0.410 e. The van der Waals surface area contributed by atoms with E-state index in [0.717, 1.165) is 18.4 Å². The largest absolute Gasteiger partial charge is 0.444 e. The Morgan fingerprint density at radius 1 is 1.29 bits per heavy atom. The molecule has 1 N–H and O–H groups in total. The Kier molecular flexibility index (Phi) is 7.09. The van der Waals surface area contributed by atoms with Crippen LogP contribution in [0, 0.1) is 5.82 Å². The molecule has 0 aromatic heterocycles. The average molecular weight is 437 g/mol. The maximum absolute atomic E-state index is 13.4. The third-order valence-electron chi connectivity index (χ3n) is 5.87. The van der Waals surface area contributed by atoms with Crippen LogP contribution in [0.15, 0.2) is 24.3 Å². The van der Waals surface area contributed by atoms with Crippen molar-refractivity contribution in [3.05, 3.63) is 35.6 Å². The highest BCUT2D eigenvalue weighted by Crippen LogP contribution is 2.39. The van der Waals surface area contributed by atoms with Gasteiger partial charge in [-0.05, 0) is 64.2 Å². The molecule has 2 aliphatic heterocycles. The number of hydrogen-bond acceptors (Lipinski definition) is 5. The van der Waals surface area contributed by atoms with Gasteiger partial charge in [-0.25, -0.2) is 14.0 Å². The molecule has 2 saturated heterocycles. The van der Waals surface area contributed by atoms with Gasteiger partial charge >= 0.3 is 12.2 Å². The molecule has 1 aromatic rings. The van der Waals surface area contributed by atoms with E-state index in [1.54, 1.807) is 21.9 Å². The first-order valence-electron chi connectivity index (χ1n) is 11.0. The molecule has 2 atom stereocenters. The second-order valence-corrected chi connectivity index (χ2v) is 9.36. The lowest BCUT2D eigenvalue weighted by Gasteiger charge is -2.46. The molecular weight excluding hydrogens is 403 g/mol. The number of carbonyl (C=O) groups is 2. The summed E-state index contributed by atoms with van der Waals surface area (Å²) < 4.78 is 24.9. The van der Waals surface area contributed by atoms with Crippen molar-refractivity contribution in [3.63, 3.8) is 0 Å². The number of aliphatic hydroxyl groups is 1. The number of halogens is 1. The Morgan fingerprint density at radius 2 is 2.00 bits per heavy atom. The van der Waals surface area contributed by atoms with Crippen LogP contribution in [0.5, 0.6) is 0 Å². The first-order chi connectivity index (χ1) is 14.6. The lowest BCUT2D eigenvalue weighted by atomic mass is 9.84. The van der Waals surface area contributed by atoms with Crippen molar-refractivity contribution in [2.75, 3.05) is 26.2 Å². The standard InChI is InChI=1S/C23H33FN2O5/c1-22(2,3)30-20(28)25-13-4-6-19(16-25)26-14-12-23(11-5-15-27,31-21(26)29)17-7-9-18(24)10-8-17/h7-10,19,27H,4-6,11-16H2,1-3H3/t19?,23-/m0/s1. The molecule has 2 fully saturated rings. The smallest absolute Gasteiger partial charge is 0.410 e. The van der Waals surface area contributed by atoms with Crippen molar-refractivity contribution in [2.24, 2.45) is 0 Å². The van der Waals surface area contributed by atoms with E-state index >= 15 is 0 Å². The number of amides is 2. The predicted octanol–water partition coefficient (Wildman–Crippen LogP) is 4.04. The average Bonchev–Trinajstić information content (AvgIpc) is 2.71. The zero-order chi connectivity index (χ0) is 22.6. The quantitative estimate of drug-likeness (QED) is 0.754. The Hall–Kier alpha value is -2.35. The number of cyclic esters (lactones) is 1. The zero-order valence-electron chi connectivity index (χ0n) is 18.6. The third kappa shape index (κ3) is 5.67. The van der Waals surface area contributed by atoms with Crippen molar-refractivity contribution >= 4 is 12.2 Å². The van der Waals surface area contributed by atoms with Crippen LogP contribution < -0.4 is 0 Å². The van der Waals surface area contributed by atoms with Crippen molar-refractivity contribution in [1.29, 1.82) is 0 Å². The van der Waals surface area contributed by atoms with E-state index in [0.29, 0.717) is 38.9 Å². The minimum Gasteiger partial charge on any atom is -0.444 e. The molecule has 172 valence electrons. The van der Waals surface area contributed by atoms with E-state index in [1.165, 1.54) is 12.1 Å². The van der Waals surface area contributed by atoms with E-state index in [-0.39, 0.29) is 24.6 Å². The second kappa shape index (κ2) is 9.42. The minimum absolute atomic E-state index is 0.0162. The van der Waals surface area contributed by atoms with Gasteiger partial charge in [-0.15, -0.1) is 0 Å². The molecule has 0 aliphatic carbocycles. The molecule has 0 radical (unpaired) electrons. The maximum atomic E-state index is 13.4. The van der Waals surface area contributed by atoms with Crippen LogP contribution in [0.2, 0.25) is 0 Å². The number of carbonyl (C=O) groups excluding carboxylic acids is 2. The lowest BCUT2D eigenvalue weighted by molar-refractivity contribution is -0.0748. The van der Waals surface area contributed by atoms with Crippen molar-refractivity contribution in [1.82, 2.24) is 9.80 Å². The van der Waals surface area contributed by atoms with Gasteiger partial charge in [0.15, 0.2) is 0 Å². The highest BCUT2D eigenvalue weighted by Gasteiger charge is 2.44. The fourth-order valence-electron chi connectivity index (χ4n) is 4.34. The van der Waals surface area contributed by atoms with Gasteiger partial charge in [-0.2, -0.15) is 0 Å². The van der Waals surface area contributed by atoms with Crippen molar-refractivity contribution in [3.8, 4) is 0 Å². The molecule has 0 bridgehead atoms. The molecule has 7 nitrogen and oxygen atoms in total. The molecule has 0 spiro atoms. The number of aliphatic hydroxyl groups excluding tert-OH is 1. The van der Waals surface area contributed by atoms with E-state index in [4.69, 9.17) is 9.47 Å². The summed E-state index contributed by atoms with van der Waals surface area (Å²) in [5.74, 6) is -0.353. The van der Waals surface area contributed by atoms with Crippen LogP contribution in [0.1, 0.15) is 58.4 Å². The van der Waals surface area contributed by atoms with Gasteiger partial charge in [0.2, 0.25) is 0 Å². The van der Waals surface area contributed by atoms with Crippen molar-refractivity contribution < 1.29 is 28.6 Å². The SMILES string of the molecule is CC(C)(C)OC(=O)N1CCCC(N2CC[C@@](CCCO)(c3ccc(F)cc3)OC2=O)C1. The number of benzene rings is 1. The van der Waals surface area contributed by atoms with Crippen LogP contribution in [-0.2, 0) is 15.1 Å². The highest BCUT2D eigenvalue weighted by molar-refractivity contribution is 5.71. The molecule has 0 saturated carbocycles. The van der Waals surface area contributed by atoms with E-state index in [2.05, 4.69) is 0 Å². The fraction of sp³-hybridized carbons (Fsp3) is 0.652. The Bertz CT molecular complexity index is 779. The first kappa shape index (κ1) is 23.3. The van der Waals surface area contributed by atoms with Crippen molar-refractivity contribution in [2.45, 2.75) is 70.1 Å². The van der Waals surface area contributed by atoms with E-state index in [1.807, 2.05) is 20.8 Å². The number of rotatable bonds is 5. The molecule has 31 heavy (non-hydrogen) atoms. The molecule has 1 unspecified atom stereocenters. The summed E-state index contributed by atoms with van der Waals surface area (Å²) >= 11 is 0. The van der Waals surface area contributed by atoms with Gasteiger partial charge in [-0.1, -0.05) is 12.1 Å². The van der Waals surface area contributed by atoms with Crippen LogP contribution in [0.25, 0.3) is 0 Å². The van der Waals surface area contributed by atoms with Gasteiger partial charge in [0.1, 0.15) is 17.0 Å². The highest BCUT2D eigenvalue weighted by atomic mass is 19.1. The summed E-state index contributed by atoms with van der Waals surface area (Å²) in [4.78, 5) is 28.9. The van der Waals surface area contributed by atoms with E-state index in [9.17, 15) is 19.1 Å². The van der Waals surface area contributed by atoms with Crippen LogP contribution in [-0.4, -0.2) is 65.0 Å². The Labute approximate surface area is 183 Å². The summed E-state index contributed by atoms with van der Waals surface area (Å²) in [5.41, 5.74) is -0.728. The van der Waals surface area contributed by atoms with Crippen LogP contribution in [0.4, 0.5) is 14.0 Å². The normalized spacial score (nSPS) is 24.7. The third-order valence-corrected chi connectivity index (χ3v) is 5.87. The van der Waals surface area contributed by atoms with Crippen LogP contribution >= 0.6 is 0 Å². The molecular formula is C23H33FN2O5. The number of likely N-dealkylation sites (tertiary alicyclic amines) is 1. The van der Waals surface area contributed by atoms with Gasteiger partial charge in [-0.3, -0.25) is 0 Å². The lowest BCUT2D eigenvalue weighted by Crippen LogP contribution is -2.57. The number of nitrogens with zero attached hydrogens (tertiary/aromatic N) is 2. The number of hydrogen-bond donors (Lipinski definition) is 1. The summed E-state index contributed by atoms with van der Waals surface area (Å²) in [6.45, 7) is 6.95. The fourth-order valence-corrected chi connectivity index (χ4v) is 4.34. The number of ether oxygens (including phenoxy) is 2. The van der Waals surface area contributed by atoms with Gasteiger partial charge in [0.05, 0.1) is 6.04 Å². The number of piperidine rings is 1. The van der Waals surface area contributed by atoms with Gasteiger partial charge in [0, 0.05) is 32.7 Å². The Balaban J connectivity index is 1.71. The molecule has 8 heteroatoms. The molecule has 2 amide bonds. The minimum atomic E-state index is -0.885. The predicted molar refractivity (Wildman–Crippen MR) is 113 cm³/mol. The van der Waals surface area contributed by atoms with Gasteiger partial charge < -0.3 is 24.4 Å². The molecule has 2 heterocycles. The monoisotopic (exact) mass is 436 g/mol. The summed E-state index contributed by atoms with van der Waals surface area (Å²) in [7, 11) is 0. The van der Waals surface area contributed by atoms with E-state index < -0.39 is 17.3 Å². The first-order valence-corrected chi connectivity index (χ1v) is 11.0. The summed E-state index contributed by atoms with van der Waals surface area (Å²) in [5, 5.41) is 9.33. The molecule has 1 aromatic carbocycles. The van der Waals surface area contributed by atoms with Gasteiger partial charge in [0.25, 0.3) is 0 Å².